The lowest BCUT2D eigenvalue weighted by atomic mass is 10.2. The monoisotopic (exact) mass is 203 g/mol. The van der Waals surface area contributed by atoms with Crippen molar-refractivity contribution in [2.75, 3.05) is 7.11 Å². The SMILES string of the molecule is COc1cnc2cc(C(N)=O)ccc2n1. The summed E-state index contributed by atoms with van der Waals surface area (Å²) in [5.41, 5.74) is 6.85. The number of primary amides is 1. The topological polar surface area (TPSA) is 78.1 Å². The molecular formula is C10H9N3O2. The number of nitrogens with two attached hydrogens (primary N) is 1. The van der Waals surface area contributed by atoms with E-state index in [1.54, 1.807) is 18.2 Å². The van der Waals surface area contributed by atoms with E-state index in [9.17, 15) is 4.79 Å². The minimum atomic E-state index is -0.477. The van der Waals surface area contributed by atoms with Crippen LogP contribution in [-0.4, -0.2) is 23.0 Å². The number of hydrogen-bond acceptors (Lipinski definition) is 4. The van der Waals surface area contributed by atoms with Crippen LogP contribution in [0.25, 0.3) is 11.0 Å². The number of amides is 1. The molecule has 1 amide bonds. The molecule has 0 spiro atoms. The average Bonchev–Trinajstić information content (AvgIpc) is 2.27. The van der Waals surface area contributed by atoms with Crippen LogP contribution in [0, 0.1) is 0 Å². The number of rotatable bonds is 2. The number of ether oxygens (including phenoxy) is 1. The number of aromatic nitrogens is 2. The molecule has 0 unspecified atom stereocenters. The molecule has 5 heteroatoms. The number of benzene rings is 1. The molecule has 1 heterocycles. The first-order chi connectivity index (χ1) is 7.20. The van der Waals surface area contributed by atoms with Crippen LogP contribution in [-0.2, 0) is 0 Å². The van der Waals surface area contributed by atoms with E-state index in [0.29, 0.717) is 22.5 Å². The van der Waals surface area contributed by atoms with Gasteiger partial charge in [0.25, 0.3) is 0 Å². The Bertz CT molecular complexity index is 525. The van der Waals surface area contributed by atoms with Crippen LogP contribution in [0.15, 0.2) is 24.4 Å². The second-order valence-corrected chi connectivity index (χ2v) is 2.98. The van der Waals surface area contributed by atoms with Crippen molar-refractivity contribution in [3.05, 3.63) is 30.0 Å². The summed E-state index contributed by atoms with van der Waals surface area (Å²) in [5.74, 6) is -0.0381. The molecule has 5 nitrogen and oxygen atoms in total. The van der Waals surface area contributed by atoms with E-state index in [1.807, 2.05) is 0 Å². The molecular weight excluding hydrogens is 194 g/mol. The van der Waals surface area contributed by atoms with Crippen LogP contribution < -0.4 is 10.5 Å². The fourth-order valence-corrected chi connectivity index (χ4v) is 1.25. The molecule has 15 heavy (non-hydrogen) atoms. The molecule has 0 atom stereocenters. The van der Waals surface area contributed by atoms with E-state index in [1.165, 1.54) is 13.3 Å². The largest absolute Gasteiger partial charge is 0.480 e. The Morgan fingerprint density at radius 2 is 2.20 bits per heavy atom. The van der Waals surface area contributed by atoms with Crippen LogP contribution in [0.4, 0.5) is 0 Å². The normalized spacial score (nSPS) is 10.2. The molecule has 1 aromatic carbocycles. The Kier molecular flexibility index (Phi) is 2.21. The Morgan fingerprint density at radius 1 is 1.40 bits per heavy atom. The molecule has 76 valence electrons. The molecule has 0 radical (unpaired) electrons. The summed E-state index contributed by atoms with van der Waals surface area (Å²) in [6, 6.07) is 4.90. The predicted molar refractivity (Wildman–Crippen MR) is 54.6 cm³/mol. The summed E-state index contributed by atoms with van der Waals surface area (Å²) in [4.78, 5) is 19.2. The van der Waals surface area contributed by atoms with Gasteiger partial charge in [-0.15, -0.1) is 0 Å². The van der Waals surface area contributed by atoms with E-state index in [2.05, 4.69) is 9.97 Å². The third-order valence-electron chi connectivity index (χ3n) is 2.01. The number of carbonyl (C=O) groups is 1. The van der Waals surface area contributed by atoms with Gasteiger partial charge in [-0.3, -0.25) is 4.79 Å². The Morgan fingerprint density at radius 3 is 2.87 bits per heavy atom. The summed E-state index contributed by atoms with van der Waals surface area (Å²) >= 11 is 0. The lowest BCUT2D eigenvalue weighted by Crippen LogP contribution is -2.10. The molecule has 0 fully saturated rings. The van der Waals surface area contributed by atoms with Crippen LogP contribution in [0.2, 0.25) is 0 Å². The van der Waals surface area contributed by atoms with Crippen molar-refractivity contribution in [3.63, 3.8) is 0 Å². The predicted octanol–water partition coefficient (Wildman–Crippen LogP) is 0.737. The number of carbonyl (C=O) groups excluding carboxylic acids is 1. The average molecular weight is 203 g/mol. The third-order valence-corrected chi connectivity index (χ3v) is 2.01. The van der Waals surface area contributed by atoms with E-state index in [0.717, 1.165) is 0 Å². The van der Waals surface area contributed by atoms with Crippen molar-refractivity contribution >= 4 is 16.9 Å². The summed E-state index contributed by atoms with van der Waals surface area (Å²) in [6.45, 7) is 0. The highest BCUT2D eigenvalue weighted by Gasteiger charge is 2.04. The van der Waals surface area contributed by atoms with E-state index in [-0.39, 0.29) is 0 Å². The zero-order chi connectivity index (χ0) is 10.8. The third kappa shape index (κ3) is 1.71. The van der Waals surface area contributed by atoms with Crippen LogP contribution in [0.5, 0.6) is 5.88 Å². The van der Waals surface area contributed by atoms with Gasteiger partial charge in [-0.05, 0) is 18.2 Å². The summed E-state index contributed by atoms with van der Waals surface area (Å²) in [7, 11) is 1.52. The van der Waals surface area contributed by atoms with Gasteiger partial charge in [0, 0.05) is 5.56 Å². The lowest BCUT2D eigenvalue weighted by Gasteiger charge is -2.01. The van der Waals surface area contributed by atoms with Crippen molar-refractivity contribution in [1.29, 1.82) is 0 Å². The van der Waals surface area contributed by atoms with E-state index < -0.39 is 5.91 Å². The van der Waals surface area contributed by atoms with Crippen molar-refractivity contribution in [3.8, 4) is 5.88 Å². The van der Waals surface area contributed by atoms with Crippen LogP contribution in [0.3, 0.4) is 0 Å². The van der Waals surface area contributed by atoms with E-state index in [4.69, 9.17) is 10.5 Å². The van der Waals surface area contributed by atoms with Gasteiger partial charge in [0.2, 0.25) is 11.8 Å². The number of nitrogens with zero attached hydrogens (tertiary/aromatic N) is 2. The van der Waals surface area contributed by atoms with Gasteiger partial charge >= 0.3 is 0 Å². The number of fused-ring (bicyclic) bond motifs is 1. The standard InChI is InChI=1S/C10H9N3O2/c1-15-9-5-12-8-4-6(10(11)14)2-3-7(8)13-9/h2-5H,1H3,(H2,11,14). The smallest absolute Gasteiger partial charge is 0.248 e. The maximum atomic E-state index is 10.9. The molecule has 2 aromatic rings. The second-order valence-electron chi connectivity index (χ2n) is 2.98. The highest BCUT2D eigenvalue weighted by atomic mass is 16.5. The maximum absolute atomic E-state index is 10.9. The van der Waals surface area contributed by atoms with E-state index >= 15 is 0 Å². The fraction of sp³-hybridized carbons (Fsp3) is 0.100. The number of hydrogen-bond donors (Lipinski definition) is 1. The fourth-order valence-electron chi connectivity index (χ4n) is 1.25. The van der Waals surface area contributed by atoms with Crippen molar-refractivity contribution in [1.82, 2.24) is 9.97 Å². The molecule has 0 saturated carbocycles. The van der Waals surface area contributed by atoms with Gasteiger partial charge in [-0.25, -0.2) is 9.97 Å². The maximum Gasteiger partial charge on any atom is 0.248 e. The molecule has 2 N–H and O–H groups in total. The molecule has 0 saturated heterocycles. The first-order valence-electron chi connectivity index (χ1n) is 4.31. The summed E-state index contributed by atoms with van der Waals surface area (Å²) in [5, 5.41) is 0. The van der Waals surface area contributed by atoms with Gasteiger partial charge in [0.1, 0.15) is 0 Å². The quantitative estimate of drug-likeness (QED) is 0.780. The molecule has 2 rings (SSSR count). The lowest BCUT2D eigenvalue weighted by molar-refractivity contribution is 0.100. The minimum Gasteiger partial charge on any atom is -0.480 e. The highest BCUT2D eigenvalue weighted by Crippen LogP contribution is 2.14. The van der Waals surface area contributed by atoms with Crippen LogP contribution >= 0.6 is 0 Å². The van der Waals surface area contributed by atoms with Crippen LogP contribution in [0.1, 0.15) is 10.4 Å². The molecule has 0 aliphatic heterocycles. The Balaban J connectivity index is 2.59. The highest BCUT2D eigenvalue weighted by molar-refractivity contribution is 5.96. The summed E-state index contributed by atoms with van der Waals surface area (Å²) in [6.07, 6.45) is 1.49. The molecule has 0 aliphatic carbocycles. The minimum absolute atomic E-state index is 0.418. The van der Waals surface area contributed by atoms with Crippen molar-refractivity contribution < 1.29 is 9.53 Å². The second kappa shape index (κ2) is 3.53. The number of methoxy groups -OCH3 is 1. The van der Waals surface area contributed by atoms with Gasteiger partial charge in [-0.2, -0.15) is 0 Å². The molecule has 1 aromatic heterocycles. The van der Waals surface area contributed by atoms with Crippen molar-refractivity contribution in [2.45, 2.75) is 0 Å². The van der Waals surface area contributed by atoms with Gasteiger partial charge in [-0.1, -0.05) is 0 Å². The Labute approximate surface area is 85.9 Å². The van der Waals surface area contributed by atoms with Gasteiger partial charge in [0.15, 0.2) is 0 Å². The van der Waals surface area contributed by atoms with Gasteiger partial charge < -0.3 is 10.5 Å². The molecule has 0 bridgehead atoms. The zero-order valence-corrected chi connectivity index (χ0v) is 8.10. The summed E-state index contributed by atoms with van der Waals surface area (Å²) < 4.78 is 4.93. The first-order valence-corrected chi connectivity index (χ1v) is 4.31. The van der Waals surface area contributed by atoms with Gasteiger partial charge in [0.05, 0.1) is 24.3 Å². The van der Waals surface area contributed by atoms with Crippen molar-refractivity contribution in [2.24, 2.45) is 5.73 Å². The first kappa shape index (κ1) is 9.39. The molecule has 0 aliphatic rings. The zero-order valence-electron chi connectivity index (χ0n) is 8.10. The Hall–Kier alpha value is -2.17.